The van der Waals surface area contributed by atoms with Crippen LogP contribution < -0.4 is 10.8 Å². The zero-order valence-electron chi connectivity index (χ0n) is 12.7. The number of amides is 2. The third kappa shape index (κ3) is 3.58. The van der Waals surface area contributed by atoms with Crippen molar-refractivity contribution in [3.8, 4) is 0 Å². The first-order valence-electron chi connectivity index (χ1n) is 7.32. The van der Waals surface area contributed by atoms with E-state index in [0.29, 0.717) is 24.1 Å². The van der Waals surface area contributed by atoms with Gasteiger partial charge in [0.2, 0.25) is 0 Å². The highest BCUT2D eigenvalue weighted by atomic mass is 32.1. The Morgan fingerprint density at radius 3 is 2.54 bits per heavy atom. The Morgan fingerprint density at radius 1 is 1.04 bits per heavy atom. The summed E-state index contributed by atoms with van der Waals surface area (Å²) in [7, 11) is 0. The molecule has 2 aromatic carbocycles. The fraction of sp³-hybridized carbons (Fsp3) is 0.118. The molecular formula is C17H15N3O3S. The molecule has 0 saturated carbocycles. The smallest absolute Gasteiger partial charge is 0.274 e. The maximum Gasteiger partial charge on any atom is 0.274 e. The van der Waals surface area contributed by atoms with E-state index >= 15 is 0 Å². The molecule has 0 unspecified atom stereocenters. The summed E-state index contributed by atoms with van der Waals surface area (Å²) < 4.78 is 0.986. The Morgan fingerprint density at radius 2 is 1.79 bits per heavy atom. The summed E-state index contributed by atoms with van der Waals surface area (Å²) in [5.74, 6) is -0.671. The largest absolute Gasteiger partial charge is 0.352 e. The number of aromatic nitrogens is 1. The zero-order valence-corrected chi connectivity index (χ0v) is 13.5. The number of carbonyl (C=O) groups is 2. The van der Waals surface area contributed by atoms with E-state index in [1.54, 1.807) is 41.3 Å². The van der Waals surface area contributed by atoms with Crippen LogP contribution in [-0.2, 0) is 6.42 Å². The van der Waals surface area contributed by atoms with Crippen LogP contribution in [0.4, 0.5) is 0 Å². The first kappa shape index (κ1) is 16.1. The number of hydrogen-bond donors (Lipinski definition) is 3. The van der Waals surface area contributed by atoms with Crippen LogP contribution in [0.1, 0.15) is 26.3 Å². The molecule has 0 spiro atoms. The average Bonchev–Trinajstić information content (AvgIpc) is 3.09. The molecule has 3 N–H and O–H groups in total. The molecule has 7 heteroatoms. The number of thiazole rings is 1. The van der Waals surface area contributed by atoms with E-state index in [-0.39, 0.29) is 5.91 Å². The minimum atomic E-state index is -0.548. The third-order valence-electron chi connectivity index (χ3n) is 3.61. The van der Waals surface area contributed by atoms with Gasteiger partial charge in [0.15, 0.2) is 0 Å². The van der Waals surface area contributed by atoms with Gasteiger partial charge in [-0.25, -0.2) is 10.5 Å². The summed E-state index contributed by atoms with van der Waals surface area (Å²) in [6, 6.07) is 12.3. The second-order valence-electron chi connectivity index (χ2n) is 5.18. The second-order valence-corrected chi connectivity index (χ2v) is 6.06. The average molecular weight is 341 g/mol. The fourth-order valence-corrected chi connectivity index (χ4v) is 3.02. The van der Waals surface area contributed by atoms with E-state index < -0.39 is 5.91 Å². The predicted molar refractivity (Wildman–Crippen MR) is 91.4 cm³/mol. The van der Waals surface area contributed by atoms with Crippen LogP contribution in [0.3, 0.4) is 0 Å². The molecule has 3 aromatic rings. The lowest BCUT2D eigenvalue weighted by molar-refractivity contribution is 0.0706. The van der Waals surface area contributed by atoms with E-state index in [1.807, 2.05) is 12.1 Å². The fourth-order valence-electron chi connectivity index (χ4n) is 2.31. The number of nitrogens with one attached hydrogen (secondary N) is 2. The highest BCUT2D eigenvalue weighted by molar-refractivity contribution is 7.16. The van der Waals surface area contributed by atoms with Gasteiger partial charge in [-0.05, 0) is 42.3 Å². The van der Waals surface area contributed by atoms with Crippen molar-refractivity contribution in [1.82, 2.24) is 15.8 Å². The monoisotopic (exact) mass is 341 g/mol. The normalized spacial score (nSPS) is 10.5. The molecular weight excluding hydrogens is 326 g/mol. The van der Waals surface area contributed by atoms with Gasteiger partial charge in [0.1, 0.15) is 0 Å². The van der Waals surface area contributed by atoms with Crippen molar-refractivity contribution in [1.29, 1.82) is 0 Å². The van der Waals surface area contributed by atoms with E-state index in [4.69, 9.17) is 5.21 Å². The molecule has 0 atom stereocenters. The minimum absolute atomic E-state index is 0.124. The SMILES string of the molecule is O=C(NO)c1ccc(CCNC(=O)c2ccc3ncsc3c2)cc1. The van der Waals surface area contributed by atoms with E-state index in [9.17, 15) is 9.59 Å². The van der Waals surface area contributed by atoms with Gasteiger partial charge in [-0.15, -0.1) is 11.3 Å². The highest BCUT2D eigenvalue weighted by Gasteiger charge is 2.07. The Bertz CT molecular complexity index is 874. The molecule has 0 fully saturated rings. The molecule has 0 bridgehead atoms. The summed E-state index contributed by atoms with van der Waals surface area (Å²) in [5.41, 5.74) is 6.22. The molecule has 122 valence electrons. The van der Waals surface area contributed by atoms with Gasteiger partial charge in [0.25, 0.3) is 11.8 Å². The van der Waals surface area contributed by atoms with Crippen LogP contribution in [-0.4, -0.2) is 28.6 Å². The lowest BCUT2D eigenvalue weighted by atomic mass is 10.1. The summed E-state index contributed by atoms with van der Waals surface area (Å²) in [4.78, 5) is 27.6. The zero-order chi connectivity index (χ0) is 16.9. The number of carbonyl (C=O) groups excluding carboxylic acids is 2. The standard InChI is InChI=1S/C17H15N3O3S/c21-16(13-5-6-14-15(9-13)24-10-19-14)18-8-7-11-1-3-12(4-2-11)17(22)20-23/h1-6,9-10,23H,7-8H2,(H,18,21)(H,20,22). The first-order chi connectivity index (χ1) is 11.7. The number of benzene rings is 2. The second kappa shape index (κ2) is 7.20. The van der Waals surface area contributed by atoms with Crippen LogP contribution in [0.25, 0.3) is 10.2 Å². The Labute approximate surface area is 142 Å². The van der Waals surface area contributed by atoms with Crippen LogP contribution in [0, 0.1) is 0 Å². The molecule has 0 saturated heterocycles. The summed E-state index contributed by atoms with van der Waals surface area (Å²) in [6.45, 7) is 0.491. The van der Waals surface area contributed by atoms with Gasteiger partial charge in [0.05, 0.1) is 15.7 Å². The Hall–Kier alpha value is -2.77. The van der Waals surface area contributed by atoms with Gasteiger partial charge in [0, 0.05) is 17.7 Å². The summed E-state index contributed by atoms with van der Waals surface area (Å²) in [6.07, 6.45) is 0.648. The Kier molecular flexibility index (Phi) is 4.83. The first-order valence-corrected chi connectivity index (χ1v) is 8.20. The molecule has 6 nitrogen and oxygen atoms in total. The van der Waals surface area contributed by atoms with Crippen molar-refractivity contribution in [2.24, 2.45) is 0 Å². The molecule has 1 aromatic heterocycles. The number of hydroxylamine groups is 1. The van der Waals surface area contributed by atoms with Crippen LogP contribution in [0.5, 0.6) is 0 Å². The van der Waals surface area contributed by atoms with Crippen molar-refractivity contribution >= 4 is 33.4 Å². The lowest BCUT2D eigenvalue weighted by Gasteiger charge is -2.06. The minimum Gasteiger partial charge on any atom is -0.352 e. The summed E-state index contributed by atoms with van der Waals surface area (Å²) in [5, 5.41) is 11.4. The van der Waals surface area contributed by atoms with Gasteiger partial charge in [-0.2, -0.15) is 0 Å². The van der Waals surface area contributed by atoms with E-state index in [1.165, 1.54) is 11.3 Å². The summed E-state index contributed by atoms with van der Waals surface area (Å²) >= 11 is 1.50. The number of fused-ring (bicyclic) bond motifs is 1. The molecule has 3 rings (SSSR count). The van der Waals surface area contributed by atoms with Crippen LogP contribution in [0.2, 0.25) is 0 Å². The van der Waals surface area contributed by atoms with E-state index in [2.05, 4.69) is 10.3 Å². The van der Waals surface area contributed by atoms with Gasteiger partial charge >= 0.3 is 0 Å². The van der Waals surface area contributed by atoms with Crippen molar-refractivity contribution < 1.29 is 14.8 Å². The Balaban J connectivity index is 1.55. The quantitative estimate of drug-likeness (QED) is 0.491. The van der Waals surface area contributed by atoms with E-state index in [0.717, 1.165) is 15.8 Å². The lowest BCUT2D eigenvalue weighted by Crippen LogP contribution is -2.25. The van der Waals surface area contributed by atoms with Crippen molar-refractivity contribution in [2.75, 3.05) is 6.54 Å². The van der Waals surface area contributed by atoms with Crippen LogP contribution >= 0.6 is 11.3 Å². The van der Waals surface area contributed by atoms with Crippen LogP contribution in [0.15, 0.2) is 48.0 Å². The molecule has 0 aliphatic heterocycles. The molecule has 0 aliphatic rings. The van der Waals surface area contributed by atoms with Gasteiger partial charge in [-0.1, -0.05) is 12.1 Å². The number of rotatable bonds is 5. The molecule has 2 amide bonds. The molecule has 0 radical (unpaired) electrons. The molecule has 24 heavy (non-hydrogen) atoms. The van der Waals surface area contributed by atoms with Crippen molar-refractivity contribution in [2.45, 2.75) is 6.42 Å². The maximum atomic E-state index is 12.2. The predicted octanol–water partition coefficient (Wildman–Crippen LogP) is 2.39. The van der Waals surface area contributed by atoms with Crippen molar-refractivity contribution in [3.05, 3.63) is 64.7 Å². The highest BCUT2D eigenvalue weighted by Crippen LogP contribution is 2.19. The van der Waals surface area contributed by atoms with Gasteiger partial charge in [-0.3, -0.25) is 14.8 Å². The molecule has 0 aliphatic carbocycles. The topological polar surface area (TPSA) is 91.3 Å². The number of nitrogens with zero attached hydrogens (tertiary/aromatic N) is 1. The number of hydrogen-bond acceptors (Lipinski definition) is 5. The third-order valence-corrected chi connectivity index (χ3v) is 4.40. The van der Waals surface area contributed by atoms with Crippen molar-refractivity contribution in [3.63, 3.8) is 0 Å². The maximum absolute atomic E-state index is 12.2. The molecule has 1 heterocycles. The van der Waals surface area contributed by atoms with Gasteiger partial charge < -0.3 is 5.32 Å².